The molecular weight excluding hydrogens is 249 g/mol. The van der Waals surface area contributed by atoms with Gasteiger partial charge in [0.05, 0.1) is 0 Å². The Kier molecular flexibility index (Phi) is 4.11. The quantitative estimate of drug-likeness (QED) is 0.727. The number of anilines is 1. The zero-order valence-corrected chi connectivity index (χ0v) is 10.7. The molecule has 102 valence electrons. The number of hydrogen-bond donors (Lipinski definition) is 2. The lowest BCUT2D eigenvalue weighted by molar-refractivity contribution is -0.143. The fraction of sp³-hybridized carbons (Fsp3) is 0.385. The van der Waals surface area contributed by atoms with E-state index in [0.717, 1.165) is 0 Å². The van der Waals surface area contributed by atoms with Crippen molar-refractivity contribution in [3.63, 3.8) is 0 Å². The van der Waals surface area contributed by atoms with E-state index >= 15 is 0 Å². The van der Waals surface area contributed by atoms with Crippen molar-refractivity contribution in [1.82, 2.24) is 10.2 Å². The summed E-state index contributed by atoms with van der Waals surface area (Å²) in [5.41, 5.74) is 0.847. The van der Waals surface area contributed by atoms with E-state index in [9.17, 15) is 14.0 Å². The van der Waals surface area contributed by atoms with Crippen LogP contribution in [0.3, 0.4) is 0 Å². The summed E-state index contributed by atoms with van der Waals surface area (Å²) in [5.74, 6) is -1.58. The van der Waals surface area contributed by atoms with Crippen molar-refractivity contribution in [3.8, 4) is 0 Å². The number of nitrogens with zero attached hydrogens (tertiary/aromatic N) is 1. The molecule has 0 aliphatic carbocycles. The number of piperazine rings is 1. The Bertz CT molecular complexity index is 499. The van der Waals surface area contributed by atoms with Crippen LogP contribution in [-0.4, -0.2) is 42.9 Å². The SMILES string of the molecule is Cc1cc(NC(=O)C(=O)N2CCNCC2)ccc1F. The van der Waals surface area contributed by atoms with Gasteiger partial charge in [0.2, 0.25) is 0 Å². The summed E-state index contributed by atoms with van der Waals surface area (Å²) in [6.07, 6.45) is 0. The lowest BCUT2D eigenvalue weighted by Gasteiger charge is -2.26. The number of halogens is 1. The van der Waals surface area contributed by atoms with Crippen LogP contribution < -0.4 is 10.6 Å². The molecule has 0 saturated carbocycles. The first-order chi connectivity index (χ1) is 9.08. The number of carbonyl (C=O) groups excluding carboxylic acids is 2. The highest BCUT2D eigenvalue weighted by molar-refractivity contribution is 6.39. The van der Waals surface area contributed by atoms with Gasteiger partial charge in [-0.1, -0.05) is 0 Å². The molecule has 0 bridgehead atoms. The minimum Gasteiger partial charge on any atom is -0.332 e. The summed E-state index contributed by atoms with van der Waals surface area (Å²) < 4.78 is 13.1. The Morgan fingerprint density at radius 1 is 1.32 bits per heavy atom. The van der Waals surface area contributed by atoms with Gasteiger partial charge in [0.15, 0.2) is 0 Å². The van der Waals surface area contributed by atoms with Crippen LogP contribution in [0.15, 0.2) is 18.2 Å². The second-order valence-corrected chi connectivity index (χ2v) is 4.46. The largest absolute Gasteiger partial charge is 0.332 e. The number of benzene rings is 1. The summed E-state index contributed by atoms with van der Waals surface area (Å²) in [7, 11) is 0. The van der Waals surface area contributed by atoms with Crippen molar-refractivity contribution in [1.29, 1.82) is 0 Å². The Labute approximate surface area is 110 Å². The smallest absolute Gasteiger partial charge is 0.313 e. The molecule has 2 amide bonds. The number of aryl methyl sites for hydroxylation is 1. The molecule has 5 nitrogen and oxygen atoms in total. The normalized spacial score (nSPS) is 15.2. The number of carbonyl (C=O) groups is 2. The molecule has 1 aliphatic heterocycles. The average molecular weight is 265 g/mol. The average Bonchev–Trinajstić information content (AvgIpc) is 2.43. The first-order valence-electron chi connectivity index (χ1n) is 6.15. The van der Waals surface area contributed by atoms with E-state index in [-0.39, 0.29) is 5.82 Å². The summed E-state index contributed by atoms with van der Waals surface area (Å²) in [6, 6.07) is 4.20. The zero-order chi connectivity index (χ0) is 13.8. The number of rotatable bonds is 1. The summed E-state index contributed by atoms with van der Waals surface area (Å²) >= 11 is 0. The molecule has 1 heterocycles. The molecule has 1 aromatic rings. The highest BCUT2D eigenvalue weighted by atomic mass is 19.1. The minimum absolute atomic E-state index is 0.341. The van der Waals surface area contributed by atoms with Gasteiger partial charge in [0, 0.05) is 31.9 Å². The topological polar surface area (TPSA) is 61.4 Å². The Hall–Kier alpha value is -1.95. The Balaban J connectivity index is 1.99. The van der Waals surface area contributed by atoms with E-state index in [2.05, 4.69) is 10.6 Å². The second kappa shape index (κ2) is 5.79. The molecule has 2 N–H and O–H groups in total. The summed E-state index contributed by atoms with van der Waals surface area (Å²) in [5, 5.41) is 5.59. The van der Waals surface area contributed by atoms with Gasteiger partial charge in [0.25, 0.3) is 0 Å². The van der Waals surface area contributed by atoms with Crippen LogP contribution in [0.4, 0.5) is 10.1 Å². The van der Waals surface area contributed by atoms with E-state index in [1.807, 2.05) is 0 Å². The first kappa shape index (κ1) is 13.5. The predicted molar refractivity (Wildman–Crippen MR) is 69.2 cm³/mol. The first-order valence-corrected chi connectivity index (χ1v) is 6.15. The van der Waals surface area contributed by atoms with E-state index in [1.165, 1.54) is 23.1 Å². The summed E-state index contributed by atoms with van der Waals surface area (Å²) in [6.45, 7) is 4.02. The number of hydrogen-bond acceptors (Lipinski definition) is 3. The van der Waals surface area contributed by atoms with E-state index < -0.39 is 11.8 Å². The van der Waals surface area contributed by atoms with Gasteiger partial charge in [-0.15, -0.1) is 0 Å². The van der Waals surface area contributed by atoms with Crippen LogP contribution in [0, 0.1) is 12.7 Å². The molecule has 0 unspecified atom stereocenters. The third-order valence-corrected chi connectivity index (χ3v) is 3.01. The van der Waals surface area contributed by atoms with Gasteiger partial charge in [-0.3, -0.25) is 9.59 Å². The van der Waals surface area contributed by atoms with E-state index in [1.54, 1.807) is 6.92 Å². The predicted octanol–water partition coefficient (Wildman–Crippen LogP) is 0.504. The van der Waals surface area contributed by atoms with Crippen LogP contribution in [0.5, 0.6) is 0 Å². The van der Waals surface area contributed by atoms with Crippen LogP contribution in [-0.2, 0) is 9.59 Å². The minimum atomic E-state index is -0.687. The highest BCUT2D eigenvalue weighted by Gasteiger charge is 2.23. The maximum Gasteiger partial charge on any atom is 0.313 e. The van der Waals surface area contributed by atoms with Gasteiger partial charge in [-0.05, 0) is 30.7 Å². The van der Waals surface area contributed by atoms with Gasteiger partial charge < -0.3 is 15.5 Å². The standard InChI is InChI=1S/C13H16FN3O2/c1-9-8-10(2-3-11(9)14)16-12(18)13(19)17-6-4-15-5-7-17/h2-3,8,15H,4-7H2,1H3,(H,16,18). The molecule has 1 aliphatic rings. The molecular formula is C13H16FN3O2. The van der Waals surface area contributed by atoms with Crippen molar-refractivity contribution in [2.45, 2.75) is 6.92 Å². The van der Waals surface area contributed by atoms with Crippen LogP contribution in [0.1, 0.15) is 5.56 Å². The van der Waals surface area contributed by atoms with Crippen molar-refractivity contribution < 1.29 is 14.0 Å². The molecule has 0 atom stereocenters. The second-order valence-electron chi connectivity index (χ2n) is 4.46. The van der Waals surface area contributed by atoms with Gasteiger partial charge in [0.1, 0.15) is 5.82 Å². The Morgan fingerprint density at radius 2 is 2.00 bits per heavy atom. The zero-order valence-electron chi connectivity index (χ0n) is 10.7. The fourth-order valence-corrected chi connectivity index (χ4v) is 1.92. The van der Waals surface area contributed by atoms with E-state index in [4.69, 9.17) is 0 Å². The van der Waals surface area contributed by atoms with Gasteiger partial charge in [-0.2, -0.15) is 0 Å². The maximum absolute atomic E-state index is 13.1. The molecule has 2 rings (SSSR count). The fourth-order valence-electron chi connectivity index (χ4n) is 1.92. The van der Waals surface area contributed by atoms with Crippen LogP contribution in [0.25, 0.3) is 0 Å². The molecule has 1 fully saturated rings. The Morgan fingerprint density at radius 3 is 2.63 bits per heavy atom. The molecule has 19 heavy (non-hydrogen) atoms. The molecule has 0 spiro atoms. The summed E-state index contributed by atoms with van der Waals surface area (Å²) in [4.78, 5) is 25.2. The highest BCUT2D eigenvalue weighted by Crippen LogP contribution is 2.13. The number of amides is 2. The lowest BCUT2D eigenvalue weighted by atomic mass is 10.2. The maximum atomic E-state index is 13.1. The molecule has 0 radical (unpaired) electrons. The van der Waals surface area contributed by atoms with Crippen molar-refractivity contribution in [2.75, 3.05) is 31.5 Å². The van der Waals surface area contributed by atoms with Crippen molar-refractivity contribution in [3.05, 3.63) is 29.6 Å². The molecule has 1 aromatic carbocycles. The van der Waals surface area contributed by atoms with Crippen LogP contribution >= 0.6 is 0 Å². The van der Waals surface area contributed by atoms with E-state index in [0.29, 0.717) is 37.4 Å². The molecule has 6 heteroatoms. The van der Waals surface area contributed by atoms with Gasteiger partial charge in [-0.25, -0.2) is 4.39 Å². The molecule has 1 saturated heterocycles. The van der Waals surface area contributed by atoms with Crippen molar-refractivity contribution >= 4 is 17.5 Å². The lowest BCUT2D eigenvalue weighted by Crippen LogP contribution is -2.49. The molecule has 0 aromatic heterocycles. The third kappa shape index (κ3) is 3.29. The number of nitrogens with one attached hydrogen (secondary N) is 2. The van der Waals surface area contributed by atoms with Gasteiger partial charge >= 0.3 is 11.8 Å². The van der Waals surface area contributed by atoms with Crippen LogP contribution in [0.2, 0.25) is 0 Å². The van der Waals surface area contributed by atoms with Crippen molar-refractivity contribution in [2.24, 2.45) is 0 Å². The third-order valence-electron chi connectivity index (χ3n) is 3.01. The monoisotopic (exact) mass is 265 g/mol.